The summed E-state index contributed by atoms with van der Waals surface area (Å²) < 4.78 is 0. The molecule has 0 rings (SSSR count). The van der Waals surface area contributed by atoms with Gasteiger partial charge in [0.05, 0.1) is 0 Å². The minimum atomic E-state index is -2.93. The third kappa shape index (κ3) is 3.80. The summed E-state index contributed by atoms with van der Waals surface area (Å²) in [5.41, 5.74) is 1.27. The van der Waals surface area contributed by atoms with Gasteiger partial charge in [0.2, 0.25) is 0 Å². The molecule has 6 N–H and O–H groups in total. The van der Waals surface area contributed by atoms with Crippen LogP contribution in [0.5, 0.6) is 0 Å². The van der Waals surface area contributed by atoms with Crippen LogP contribution in [-0.2, 0) is 0 Å². The predicted molar refractivity (Wildman–Crippen MR) is 16.7 cm³/mol. The second-order valence-corrected chi connectivity index (χ2v) is 0.780. The number of rotatable bonds is 1. The van der Waals surface area contributed by atoms with Gasteiger partial charge in [-0.25, -0.2) is 0 Å². The van der Waals surface area contributed by atoms with E-state index in [1.807, 2.05) is 0 Å². The van der Waals surface area contributed by atoms with Crippen molar-refractivity contribution in [2.24, 2.45) is 5.84 Å². The van der Waals surface area contributed by atoms with Crippen molar-refractivity contribution < 1.29 is 15.3 Å². The Morgan fingerprint density at radius 1 is 1.33 bits per heavy atom. The largest absolute Gasteiger partial charge is 0.356 e. The quantitative estimate of drug-likeness (QED) is 0.136. The van der Waals surface area contributed by atoms with E-state index >= 15 is 0 Å². The molecule has 0 atom stereocenters. The Morgan fingerprint density at radius 2 is 1.50 bits per heavy atom. The van der Waals surface area contributed by atoms with Gasteiger partial charge in [-0.2, -0.15) is 5.43 Å². The van der Waals surface area contributed by atoms with E-state index in [1.165, 1.54) is 5.43 Å². The van der Waals surface area contributed by atoms with Gasteiger partial charge in [0.25, 0.3) is 0 Å². The molecule has 0 bridgehead atoms. The molecule has 6 heavy (non-hydrogen) atoms. The molecule has 0 saturated carbocycles. The monoisotopic (exact) mass is 94.0 g/mol. The van der Waals surface area contributed by atoms with Gasteiger partial charge in [-0.1, -0.05) is 0 Å². The third-order valence-electron chi connectivity index (χ3n) is 0.194. The smallest absolute Gasteiger partial charge is 0.329 e. The Labute approximate surface area is 34.0 Å². The van der Waals surface area contributed by atoms with E-state index in [0.717, 1.165) is 0 Å². The first-order valence-electron chi connectivity index (χ1n) is 1.21. The van der Waals surface area contributed by atoms with Gasteiger partial charge < -0.3 is 15.3 Å². The van der Waals surface area contributed by atoms with Gasteiger partial charge in [0, 0.05) is 0 Å². The second-order valence-electron chi connectivity index (χ2n) is 0.780. The van der Waals surface area contributed by atoms with Crippen LogP contribution in [-0.4, -0.2) is 21.4 Å². The molecular weight excluding hydrogens is 88.0 g/mol. The van der Waals surface area contributed by atoms with Crippen molar-refractivity contribution in [3.63, 3.8) is 0 Å². The highest BCUT2D eigenvalue weighted by molar-refractivity contribution is 4.25. The number of nitrogens with two attached hydrogens (primary N) is 1. The van der Waals surface area contributed by atoms with E-state index < -0.39 is 6.10 Å². The van der Waals surface area contributed by atoms with Crippen molar-refractivity contribution in [1.29, 1.82) is 0 Å². The van der Waals surface area contributed by atoms with Crippen LogP contribution in [0.15, 0.2) is 0 Å². The molecule has 5 heteroatoms. The first kappa shape index (κ1) is 5.80. The van der Waals surface area contributed by atoms with Crippen molar-refractivity contribution in [2.75, 3.05) is 0 Å². The number of hydrogen-bond donors (Lipinski definition) is 5. The maximum atomic E-state index is 7.70. The Hall–Kier alpha value is -0.200. The molecular formula is CH6N2O3. The maximum Gasteiger partial charge on any atom is 0.356 e. The van der Waals surface area contributed by atoms with Crippen LogP contribution >= 0.6 is 0 Å². The lowest BCUT2D eigenvalue weighted by atomic mass is 11.0. The van der Waals surface area contributed by atoms with Crippen molar-refractivity contribution in [3.8, 4) is 0 Å². The number of hydrazine groups is 1. The molecule has 0 aliphatic carbocycles. The van der Waals surface area contributed by atoms with E-state index in [2.05, 4.69) is 5.84 Å². The fraction of sp³-hybridized carbons (Fsp3) is 1.00. The van der Waals surface area contributed by atoms with Crippen molar-refractivity contribution in [1.82, 2.24) is 5.43 Å². The van der Waals surface area contributed by atoms with Crippen LogP contribution in [0.2, 0.25) is 0 Å². The topological polar surface area (TPSA) is 98.7 Å². The van der Waals surface area contributed by atoms with Crippen LogP contribution in [0.4, 0.5) is 0 Å². The first-order chi connectivity index (χ1) is 2.56. The third-order valence-corrected chi connectivity index (χ3v) is 0.194. The number of hydrogen-bond acceptors (Lipinski definition) is 5. The standard InChI is InChI=1S/CH6N2O3/c2-3-1(4,5)6/h3-6H,2H2. The fourth-order valence-electron chi connectivity index (χ4n) is 0. The molecule has 38 valence electrons. The Morgan fingerprint density at radius 3 is 1.50 bits per heavy atom. The van der Waals surface area contributed by atoms with E-state index in [0.29, 0.717) is 0 Å². The highest BCUT2D eigenvalue weighted by Crippen LogP contribution is 1.75. The zero-order chi connectivity index (χ0) is 5.21. The second kappa shape index (κ2) is 1.50. The van der Waals surface area contributed by atoms with E-state index in [9.17, 15) is 0 Å². The molecule has 0 radical (unpaired) electrons. The van der Waals surface area contributed by atoms with E-state index in [-0.39, 0.29) is 0 Å². The zero-order valence-electron chi connectivity index (χ0n) is 2.92. The molecule has 0 aliphatic rings. The van der Waals surface area contributed by atoms with E-state index in [4.69, 9.17) is 15.3 Å². The van der Waals surface area contributed by atoms with Gasteiger partial charge >= 0.3 is 6.10 Å². The molecule has 5 nitrogen and oxygen atoms in total. The summed E-state index contributed by atoms with van der Waals surface area (Å²) in [6.07, 6.45) is -2.93. The summed E-state index contributed by atoms with van der Waals surface area (Å²) in [6.45, 7) is 0. The summed E-state index contributed by atoms with van der Waals surface area (Å²) in [5.74, 6) is 4.31. The molecule has 0 amide bonds. The molecule has 0 spiro atoms. The first-order valence-corrected chi connectivity index (χ1v) is 1.21. The molecule has 0 aromatic heterocycles. The van der Waals surface area contributed by atoms with Gasteiger partial charge in [-0.05, 0) is 0 Å². The lowest BCUT2D eigenvalue weighted by molar-refractivity contribution is -0.331. The normalized spacial score (nSPS) is 12.0. The number of nitrogens with one attached hydrogen (secondary N) is 1. The summed E-state index contributed by atoms with van der Waals surface area (Å²) in [5, 5.41) is 23.1. The highest BCUT2D eigenvalue weighted by Gasteiger charge is 2.12. The SMILES string of the molecule is NNC(O)(O)O. The van der Waals surface area contributed by atoms with Crippen LogP contribution < -0.4 is 11.3 Å². The predicted octanol–water partition coefficient (Wildman–Crippen LogP) is -2.96. The van der Waals surface area contributed by atoms with Gasteiger partial charge in [0.1, 0.15) is 0 Å². The summed E-state index contributed by atoms with van der Waals surface area (Å²) in [7, 11) is 0. The minimum absolute atomic E-state index is 1.27. The Bertz CT molecular complexity index is 38.5. The lowest BCUT2D eigenvalue weighted by Gasteiger charge is -2.09. The molecule has 0 aromatic rings. The van der Waals surface area contributed by atoms with Crippen molar-refractivity contribution in [2.45, 2.75) is 6.10 Å². The molecule has 0 aliphatic heterocycles. The van der Waals surface area contributed by atoms with Crippen molar-refractivity contribution in [3.05, 3.63) is 0 Å². The summed E-state index contributed by atoms with van der Waals surface area (Å²) >= 11 is 0. The van der Waals surface area contributed by atoms with Crippen LogP contribution in [0.3, 0.4) is 0 Å². The lowest BCUT2D eigenvalue weighted by Crippen LogP contribution is -2.48. The van der Waals surface area contributed by atoms with Crippen LogP contribution in [0, 0.1) is 0 Å². The molecule has 0 unspecified atom stereocenters. The fourth-order valence-corrected chi connectivity index (χ4v) is 0. The summed E-state index contributed by atoms with van der Waals surface area (Å²) in [4.78, 5) is 0. The maximum absolute atomic E-state index is 7.70. The van der Waals surface area contributed by atoms with Gasteiger partial charge in [-0.3, -0.25) is 5.84 Å². The minimum Gasteiger partial charge on any atom is -0.329 e. The molecule has 0 saturated heterocycles. The highest BCUT2D eigenvalue weighted by atomic mass is 16.7. The average molecular weight is 94.1 g/mol. The Kier molecular flexibility index (Phi) is 1.45. The van der Waals surface area contributed by atoms with Crippen LogP contribution in [0.1, 0.15) is 0 Å². The molecule has 0 fully saturated rings. The van der Waals surface area contributed by atoms with E-state index in [1.54, 1.807) is 0 Å². The molecule has 0 aromatic carbocycles. The number of aliphatic hydroxyl groups is 3. The average Bonchev–Trinajstić information content (AvgIpc) is 1.35. The van der Waals surface area contributed by atoms with Crippen molar-refractivity contribution >= 4 is 0 Å². The zero-order valence-corrected chi connectivity index (χ0v) is 2.92. The van der Waals surface area contributed by atoms with Gasteiger partial charge in [-0.15, -0.1) is 0 Å². The Balaban J connectivity index is 3.17. The van der Waals surface area contributed by atoms with Crippen LogP contribution in [0.25, 0.3) is 0 Å². The van der Waals surface area contributed by atoms with Gasteiger partial charge in [0.15, 0.2) is 0 Å². The summed E-state index contributed by atoms with van der Waals surface area (Å²) in [6, 6.07) is 0. The molecule has 0 heterocycles.